The fourth-order valence-corrected chi connectivity index (χ4v) is 3.66. The van der Waals surface area contributed by atoms with Crippen molar-refractivity contribution in [2.75, 3.05) is 0 Å². The van der Waals surface area contributed by atoms with Gasteiger partial charge in [0.15, 0.2) is 0 Å². The van der Waals surface area contributed by atoms with Crippen LogP contribution < -0.4 is 0 Å². The number of hydrogen-bond acceptors (Lipinski definition) is 3. The first-order valence-corrected chi connectivity index (χ1v) is 8.97. The Morgan fingerprint density at radius 3 is 2.77 bits per heavy atom. The summed E-state index contributed by atoms with van der Waals surface area (Å²) in [6.45, 7) is 8.70. The Bertz CT molecular complexity index is 1010. The highest BCUT2D eigenvalue weighted by Crippen LogP contribution is 2.39. The van der Waals surface area contributed by atoms with Crippen molar-refractivity contribution >= 4 is 24.3 Å². The van der Waals surface area contributed by atoms with Gasteiger partial charge in [-0.2, -0.15) is 0 Å². The Kier molecular flexibility index (Phi) is 4.25. The van der Waals surface area contributed by atoms with E-state index in [0.29, 0.717) is 0 Å². The highest BCUT2D eigenvalue weighted by molar-refractivity contribution is 5.84. The highest BCUT2D eigenvalue weighted by Gasteiger charge is 2.23. The molecule has 3 aromatic rings. The predicted octanol–water partition coefficient (Wildman–Crippen LogP) is 5.53. The van der Waals surface area contributed by atoms with Crippen LogP contribution in [0.2, 0.25) is 0 Å². The molecule has 0 atom stereocenters. The summed E-state index contributed by atoms with van der Waals surface area (Å²) < 4.78 is 2.35. The second-order valence-electron chi connectivity index (χ2n) is 6.60. The van der Waals surface area contributed by atoms with Crippen molar-refractivity contribution < 1.29 is 0 Å². The van der Waals surface area contributed by atoms with E-state index in [0.717, 1.165) is 47.6 Å². The molecule has 130 valence electrons. The molecular weight excluding hydrogens is 320 g/mol. The number of aliphatic imine (C=N–C) groups is 2. The lowest BCUT2D eigenvalue weighted by molar-refractivity contribution is 0.756. The summed E-state index contributed by atoms with van der Waals surface area (Å²) in [6.07, 6.45) is 3.97. The summed E-state index contributed by atoms with van der Waals surface area (Å²) in [5.74, 6) is 1.17. The first-order chi connectivity index (χ1) is 12.7. The van der Waals surface area contributed by atoms with E-state index in [4.69, 9.17) is 4.98 Å². The fraction of sp³-hybridized carbons (Fsp3) is 0.227. The summed E-state index contributed by atoms with van der Waals surface area (Å²) in [5.41, 5.74) is 7.38. The smallest absolute Gasteiger partial charge is 0.109 e. The third kappa shape index (κ3) is 2.77. The summed E-state index contributed by atoms with van der Waals surface area (Å²) in [7, 11) is 0. The van der Waals surface area contributed by atoms with E-state index in [1.807, 2.05) is 13.0 Å². The molecule has 4 nitrogen and oxygen atoms in total. The lowest BCUT2D eigenvalue weighted by Gasteiger charge is -2.11. The van der Waals surface area contributed by atoms with Crippen LogP contribution in [0.15, 0.2) is 52.4 Å². The fourth-order valence-electron chi connectivity index (χ4n) is 3.66. The largest absolute Gasteiger partial charge is 0.327 e. The lowest BCUT2D eigenvalue weighted by Crippen LogP contribution is -1.96. The van der Waals surface area contributed by atoms with Gasteiger partial charge in [-0.15, -0.1) is 0 Å². The van der Waals surface area contributed by atoms with Gasteiger partial charge in [-0.3, -0.25) is 9.98 Å². The third-order valence-corrected chi connectivity index (χ3v) is 4.81. The quantitative estimate of drug-likeness (QED) is 0.575. The molecule has 1 aliphatic rings. The summed E-state index contributed by atoms with van der Waals surface area (Å²) in [5, 5.41) is 0. The first-order valence-electron chi connectivity index (χ1n) is 8.97. The van der Waals surface area contributed by atoms with Crippen molar-refractivity contribution in [2.45, 2.75) is 33.2 Å². The Morgan fingerprint density at radius 2 is 2.00 bits per heavy atom. The van der Waals surface area contributed by atoms with Crippen molar-refractivity contribution in [2.24, 2.45) is 9.98 Å². The van der Waals surface area contributed by atoms with E-state index < -0.39 is 0 Å². The minimum Gasteiger partial charge on any atom is -0.327 e. The van der Waals surface area contributed by atoms with Crippen LogP contribution >= 0.6 is 0 Å². The zero-order valence-corrected chi connectivity index (χ0v) is 15.2. The van der Waals surface area contributed by atoms with Crippen LogP contribution in [0.4, 0.5) is 11.4 Å². The number of rotatable bonds is 4. The van der Waals surface area contributed by atoms with Gasteiger partial charge in [0.2, 0.25) is 0 Å². The van der Waals surface area contributed by atoms with Gasteiger partial charge in [0.1, 0.15) is 5.82 Å². The molecule has 0 fully saturated rings. The van der Waals surface area contributed by atoms with Gasteiger partial charge in [-0.05, 0) is 45.2 Å². The van der Waals surface area contributed by atoms with E-state index in [1.165, 1.54) is 17.1 Å². The molecule has 0 unspecified atom stereocenters. The molecule has 1 aliphatic heterocycles. The molecule has 0 spiro atoms. The minimum absolute atomic E-state index is 0.796. The summed E-state index contributed by atoms with van der Waals surface area (Å²) in [6, 6.07) is 14.7. The second kappa shape index (κ2) is 6.71. The van der Waals surface area contributed by atoms with E-state index in [2.05, 4.69) is 64.6 Å². The molecule has 2 aromatic carbocycles. The van der Waals surface area contributed by atoms with Crippen LogP contribution in [0.3, 0.4) is 0 Å². The predicted molar refractivity (Wildman–Crippen MR) is 109 cm³/mol. The summed E-state index contributed by atoms with van der Waals surface area (Å²) in [4.78, 5) is 13.5. The number of fused-ring (bicyclic) bond motifs is 1. The minimum atomic E-state index is 0.796. The molecule has 0 saturated heterocycles. The number of hydrogen-bond donors (Lipinski definition) is 0. The second-order valence-corrected chi connectivity index (χ2v) is 6.60. The molecule has 4 heteroatoms. The maximum Gasteiger partial charge on any atom is 0.109 e. The molecule has 1 aromatic heterocycles. The molecule has 2 heterocycles. The molecule has 26 heavy (non-hydrogen) atoms. The highest BCUT2D eigenvalue weighted by atomic mass is 15.1. The van der Waals surface area contributed by atoms with Crippen molar-refractivity contribution in [3.05, 3.63) is 53.9 Å². The van der Waals surface area contributed by atoms with Gasteiger partial charge in [0.05, 0.1) is 22.8 Å². The molecule has 0 N–H and O–H groups in total. The monoisotopic (exact) mass is 342 g/mol. The average Bonchev–Trinajstić information content (AvgIpc) is 3.23. The van der Waals surface area contributed by atoms with Gasteiger partial charge in [-0.25, -0.2) is 4.98 Å². The Labute approximate surface area is 154 Å². The SMILES string of the molecule is C=Nc1ccc(-c2c(-c3cccc(C)c3)nc3n2CCC3)cc1N=CC. The van der Waals surface area contributed by atoms with Crippen LogP contribution in [0.25, 0.3) is 22.5 Å². The van der Waals surface area contributed by atoms with Gasteiger partial charge in [0, 0.05) is 30.3 Å². The van der Waals surface area contributed by atoms with E-state index in [9.17, 15) is 0 Å². The lowest BCUT2D eigenvalue weighted by atomic mass is 10.0. The Hall–Kier alpha value is -3.01. The van der Waals surface area contributed by atoms with E-state index in [-0.39, 0.29) is 0 Å². The molecule has 0 bridgehead atoms. The molecular formula is C22H22N4. The van der Waals surface area contributed by atoms with E-state index >= 15 is 0 Å². The Morgan fingerprint density at radius 1 is 1.12 bits per heavy atom. The van der Waals surface area contributed by atoms with Crippen molar-refractivity contribution in [3.63, 3.8) is 0 Å². The summed E-state index contributed by atoms with van der Waals surface area (Å²) >= 11 is 0. The maximum absolute atomic E-state index is 4.99. The number of aromatic nitrogens is 2. The Balaban J connectivity index is 1.94. The topological polar surface area (TPSA) is 42.5 Å². The first kappa shape index (κ1) is 16.5. The molecule has 4 rings (SSSR count). The number of benzene rings is 2. The molecule has 0 radical (unpaired) electrons. The molecule has 0 amide bonds. The number of nitrogens with zero attached hydrogens (tertiary/aromatic N) is 4. The van der Waals surface area contributed by atoms with E-state index in [1.54, 1.807) is 6.21 Å². The van der Waals surface area contributed by atoms with Crippen LogP contribution in [0, 0.1) is 6.92 Å². The standard InChI is InChI=1S/C22H22N4/c1-4-24-19-14-17(10-11-18(19)23-3)22-21(16-8-5-7-15(2)13-16)25-20-9-6-12-26(20)22/h4-5,7-8,10-11,13-14H,3,6,9,12H2,1-2H3. The van der Waals surface area contributed by atoms with Crippen LogP contribution in [0.5, 0.6) is 0 Å². The number of imidazole rings is 1. The molecule has 0 aliphatic carbocycles. The number of aryl methyl sites for hydroxylation is 2. The van der Waals surface area contributed by atoms with Crippen LogP contribution in [-0.4, -0.2) is 22.5 Å². The zero-order chi connectivity index (χ0) is 18.1. The van der Waals surface area contributed by atoms with Crippen molar-refractivity contribution in [3.8, 4) is 22.5 Å². The maximum atomic E-state index is 4.99. The van der Waals surface area contributed by atoms with Crippen molar-refractivity contribution in [1.29, 1.82) is 0 Å². The van der Waals surface area contributed by atoms with Crippen LogP contribution in [-0.2, 0) is 13.0 Å². The molecule has 0 saturated carbocycles. The van der Waals surface area contributed by atoms with Gasteiger partial charge in [-0.1, -0.05) is 29.8 Å². The van der Waals surface area contributed by atoms with Crippen molar-refractivity contribution in [1.82, 2.24) is 9.55 Å². The zero-order valence-electron chi connectivity index (χ0n) is 15.2. The van der Waals surface area contributed by atoms with Gasteiger partial charge in [0.25, 0.3) is 0 Å². The average molecular weight is 342 g/mol. The normalized spacial score (nSPS) is 13.3. The van der Waals surface area contributed by atoms with Crippen LogP contribution in [0.1, 0.15) is 24.7 Å². The van der Waals surface area contributed by atoms with Gasteiger partial charge < -0.3 is 4.57 Å². The van der Waals surface area contributed by atoms with Gasteiger partial charge >= 0.3 is 0 Å². The third-order valence-electron chi connectivity index (χ3n) is 4.81.